The first-order valence-electron chi connectivity index (χ1n) is 9.71. The second kappa shape index (κ2) is 7.05. The van der Waals surface area contributed by atoms with E-state index >= 15 is 4.39 Å². The molecule has 2 aliphatic heterocycles. The minimum absolute atomic E-state index is 0.0249. The van der Waals surface area contributed by atoms with Gasteiger partial charge in [0.25, 0.3) is 0 Å². The van der Waals surface area contributed by atoms with Crippen LogP contribution in [0.15, 0.2) is 24.5 Å². The van der Waals surface area contributed by atoms with Gasteiger partial charge in [0.05, 0.1) is 5.54 Å². The van der Waals surface area contributed by atoms with E-state index in [9.17, 15) is 8.78 Å². The van der Waals surface area contributed by atoms with E-state index in [1.807, 2.05) is 0 Å². The first-order valence-corrected chi connectivity index (χ1v) is 9.71. The summed E-state index contributed by atoms with van der Waals surface area (Å²) in [5, 5.41) is 0.332. The van der Waals surface area contributed by atoms with E-state index in [2.05, 4.69) is 24.8 Å². The van der Waals surface area contributed by atoms with E-state index < -0.39 is 17.8 Å². The van der Waals surface area contributed by atoms with Crippen LogP contribution in [0.3, 0.4) is 0 Å². The molecule has 0 bridgehead atoms. The molecule has 2 N–H and O–H groups in total. The van der Waals surface area contributed by atoms with Crippen LogP contribution in [-0.2, 0) is 0 Å². The Bertz CT molecular complexity index is 1130. The van der Waals surface area contributed by atoms with Crippen LogP contribution in [0.1, 0.15) is 19.3 Å². The van der Waals surface area contributed by atoms with Gasteiger partial charge in [0.2, 0.25) is 0 Å². The van der Waals surface area contributed by atoms with E-state index in [1.54, 1.807) is 0 Å². The van der Waals surface area contributed by atoms with Gasteiger partial charge in [-0.3, -0.25) is 9.88 Å². The fourth-order valence-electron chi connectivity index (χ4n) is 4.45. The number of nitrogens with zero attached hydrogens (tertiary/aromatic N) is 5. The monoisotopic (exact) mass is 416 g/mol. The number of rotatable bonds is 4. The van der Waals surface area contributed by atoms with E-state index in [-0.39, 0.29) is 40.9 Å². The van der Waals surface area contributed by atoms with Gasteiger partial charge in [-0.15, -0.1) is 0 Å². The van der Waals surface area contributed by atoms with Crippen LogP contribution in [0.25, 0.3) is 22.3 Å². The van der Waals surface area contributed by atoms with Crippen LogP contribution in [0.5, 0.6) is 6.01 Å². The van der Waals surface area contributed by atoms with Crippen LogP contribution in [0, 0.1) is 11.6 Å². The largest absolute Gasteiger partial charge is 0.461 e. The fourth-order valence-corrected chi connectivity index (χ4v) is 4.45. The molecule has 0 aliphatic carbocycles. The number of halogens is 3. The van der Waals surface area contributed by atoms with Gasteiger partial charge in [0.1, 0.15) is 35.5 Å². The highest BCUT2D eigenvalue weighted by atomic mass is 19.1. The zero-order valence-electron chi connectivity index (χ0n) is 16.0. The lowest BCUT2D eigenvalue weighted by Crippen LogP contribution is -2.43. The van der Waals surface area contributed by atoms with Gasteiger partial charge in [-0.05, 0) is 31.5 Å². The van der Waals surface area contributed by atoms with Crippen LogP contribution < -0.4 is 10.5 Å². The molecule has 2 fully saturated rings. The van der Waals surface area contributed by atoms with Crippen molar-refractivity contribution in [2.24, 2.45) is 0 Å². The molecule has 0 aromatic carbocycles. The molecule has 0 unspecified atom stereocenters. The molecule has 5 rings (SSSR count). The summed E-state index contributed by atoms with van der Waals surface area (Å²) >= 11 is 0. The Kier molecular flexibility index (Phi) is 4.46. The zero-order chi connectivity index (χ0) is 20.9. The minimum Gasteiger partial charge on any atom is -0.461 e. The van der Waals surface area contributed by atoms with Gasteiger partial charge >= 0.3 is 6.01 Å². The summed E-state index contributed by atoms with van der Waals surface area (Å²) in [4.78, 5) is 18.2. The van der Waals surface area contributed by atoms with Crippen molar-refractivity contribution in [1.29, 1.82) is 0 Å². The smallest absolute Gasteiger partial charge is 0.317 e. The molecule has 2 saturated heterocycles. The first-order chi connectivity index (χ1) is 14.4. The highest BCUT2D eigenvalue weighted by Crippen LogP contribution is 2.40. The summed E-state index contributed by atoms with van der Waals surface area (Å²) in [5.41, 5.74) is 4.57. The predicted octanol–water partition coefficient (Wildman–Crippen LogP) is 2.90. The summed E-state index contributed by atoms with van der Waals surface area (Å²) in [5.74, 6) is -1.55. The third-order valence-electron chi connectivity index (χ3n) is 5.87. The van der Waals surface area contributed by atoms with Crippen molar-refractivity contribution in [3.05, 3.63) is 36.2 Å². The number of hydrogen-bond acceptors (Lipinski definition) is 7. The van der Waals surface area contributed by atoms with Gasteiger partial charge in [0.15, 0.2) is 11.6 Å². The zero-order valence-corrected chi connectivity index (χ0v) is 16.0. The fraction of sp³-hybridized carbons (Fsp3) is 0.400. The molecule has 0 amide bonds. The van der Waals surface area contributed by atoms with Crippen molar-refractivity contribution in [2.75, 3.05) is 25.4 Å². The van der Waals surface area contributed by atoms with Crippen molar-refractivity contribution in [1.82, 2.24) is 24.8 Å². The van der Waals surface area contributed by atoms with Crippen LogP contribution >= 0.6 is 0 Å². The Labute approximate surface area is 170 Å². The number of ether oxygens (including phenoxy) is 1. The summed E-state index contributed by atoms with van der Waals surface area (Å²) in [7, 11) is 0. The number of nitrogen functional groups attached to an aromatic ring is 1. The van der Waals surface area contributed by atoms with Gasteiger partial charge < -0.3 is 10.5 Å². The lowest BCUT2D eigenvalue weighted by Gasteiger charge is -2.30. The minimum atomic E-state index is -0.877. The van der Waals surface area contributed by atoms with E-state index in [0.29, 0.717) is 18.4 Å². The second-order valence-electron chi connectivity index (χ2n) is 7.81. The number of fused-ring (bicyclic) bond motifs is 2. The molecule has 156 valence electrons. The number of aromatic nitrogens is 4. The van der Waals surface area contributed by atoms with Crippen LogP contribution in [0.2, 0.25) is 0 Å². The van der Waals surface area contributed by atoms with Gasteiger partial charge in [-0.1, -0.05) is 0 Å². The average Bonchev–Trinajstić information content (AvgIpc) is 3.25. The standard InChI is InChI=1S/C20H19F3N6O/c21-12-6-20(4-1-5-29(20)9-12)10-30-19-26-8-11-7-25-18(15(23)16(11)28-19)17-13(22)2-3-14(24)27-17/h2-3,7-8,12H,1,4-6,9-10H2,(H2,24,27)/t12-,20+/m1/s1. The molecule has 2 aliphatic rings. The maximum absolute atomic E-state index is 15.1. The summed E-state index contributed by atoms with van der Waals surface area (Å²) in [6, 6.07) is 2.36. The number of hydrogen-bond donors (Lipinski definition) is 1. The molecule has 5 heterocycles. The average molecular weight is 416 g/mol. The Morgan fingerprint density at radius 3 is 2.87 bits per heavy atom. The topological polar surface area (TPSA) is 90.0 Å². The van der Waals surface area contributed by atoms with E-state index in [0.717, 1.165) is 25.5 Å². The predicted molar refractivity (Wildman–Crippen MR) is 103 cm³/mol. The van der Waals surface area contributed by atoms with Crippen molar-refractivity contribution < 1.29 is 17.9 Å². The van der Waals surface area contributed by atoms with Crippen molar-refractivity contribution in [3.8, 4) is 17.4 Å². The Morgan fingerprint density at radius 2 is 2.00 bits per heavy atom. The molecule has 0 radical (unpaired) electrons. The summed E-state index contributed by atoms with van der Waals surface area (Å²) in [6.07, 6.45) is 4.07. The van der Waals surface area contributed by atoms with Gasteiger partial charge in [0, 0.05) is 30.7 Å². The van der Waals surface area contributed by atoms with Gasteiger partial charge in [-0.2, -0.15) is 4.98 Å². The SMILES string of the molecule is Nc1ccc(F)c(-c2ncc3cnc(OC[C@@]45CCCN4C[C@H](F)C5)nc3c2F)n1. The lowest BCUT2D eigenvalue weighted by atomic mass is 9.95. The van der Waals surface area contributed by atoms with Crippen LogP contribution in [0.4, 0.5) is 19.0 Å². The second-order valence-corrected chi connectivity index (χ2v) is 7.81. The Hall–Kier alpha value is -3.01. The number of nitrogens with two attached hydrogens (primary N) is 1. The maximum atomic E-state index is 15.1. The number of anilines is 1. The normalized spacial score (nSPS) is 23.8. The lowest BCUT2D eigenvalue weighted by molar-refractivity contribution is 0.107. The molecule has 30 heavy (non-hydrogen) atoms. The van der Waals surface area contributed by atoms with E-state index in [1.165, 1.54) is 18.5 Å². The van der Waals surface area contributed by atoms with Crippen molar-refractivity contribution >= 4 is 16.7 Å². The molecular formula is C20H19F3N6O. The third kappa shape index (κ3) is 3.11. The van der Waals surface area contributed by atoms with Crippen LogP contribution in [-0.4, -0.2) is 56.2 Å². The molecule has 7 nitrogen and oxygen atoms in total. The highest BCUT2D eigenvalue weighted by Gasteiger charge is 2.49. The maximum Gasteiger partial charge on any atom is 0.317 e. The third-order valence-corrected chi connectivity index (χ3v) is 5.87. The van der Waals surface area contributed by atoms with E-state index in [4.69, 9.17) is 10.5 Å². The number of pyridine rings is 2. The molecule has 3 aromatic heterocycles. The summed E-state index contributed by atoms with van der Waals surface area (Å²) in [6.45, 7) is 1.47. The van der Waals surface area contributed by atoms with Crippen molar-refractivity contribution in [3.63, 3.8) is 0 Å². The Morgan fingerprint density at radius 1 is 1.17 bits per heavy atom. The molecule has 0 saturated carbocycles. The molecular weight excluding hydrogens is 397 g/mol. The molecule has 2 atom stereocenters. The Balaban J connectivity index is 1.46. The van der Waals surface area contributed by atoms with Gasteiger partial charge in [-0.25, -0.2) is 23.1 Å². The summed E-state index contributed by atoms with van der Waals surface area (Å²) < 4.78 is 49.0. The molecule has 3 aromatic rings. The highest BCUT2D eigenvalue weighted by molar-refractivity contribution is 5.81. The molecule has 10 heteroatoms. The van der Waals surface area contributed by atoms with Crippen molar-refractivity contribution in [2.45, 2.75) is 31.0 Å². The quantitative estimate of drug-likeness (QED) is 0.699. The first kappa shape index (κ1) is 19.0. The molecule has 0 spiro atoms. The number of alkyl halides is 1.